The quantitative estimate of drug-likeness (QED) is 0.740. The Hall–Kier alpha value is -2.99. The van der Waals surface area contributed by atoms with Gasteiger partial charge in [-0.2, -0.15) is 0 Å². The average molecular weight is 353 g/mol. The first-order valence-corrected chi connectivity index (χ1v) is 8.20. The number of ether oxygens (including phenoxy) is 1. The van der Waals surface area contributed by atoms with Crippen LogP contribution in [-0.4, -0.2) is 22.6 Å². The molecule has 1 aromatic heterocycles. The van der Waals surface area contributed by atoms with Crippen molar-refractivity contribution < 1.29 is 13.9 Å². The molecular formula is C20H20FN3O2. The number of carbonyl (C=O) groups is 1. The van der Waals surface area contributed by atoms with Crippen molar-refractivity contribution >= 4 is 5.91 Å². The molecule has 26 heavy (non-hydrogen) atoms. The van der Waals surface area contributed by atoms with E-state index in [1.54, 1.807) is 54.4 Å². The number of carbonyl (C=O) groups excluding carboxylic acids is 1. The van der Waals surface area contributed by atoms with Gasteiger partial charge < -0.3 is 14.6 Å². The van der Waals surface area contributed by atoms with E-state index in [0.717, 1.165) is 5.56 Å². The number of hydrogen-bond acceptors (Lipinski definition) is 3. The summed E-state index contributed by atoms with van der Waals surface area (Å²) < 4.78 is 21.2. The summed E-state index contributed by atoms with van der Waals surface area (Å²) >= 11 is 0. The summed E-state index contributed by atoms with van der Waals surface area (Å²) in [4.78, 5) is 17.0. The molecule has 134 valence electrons. The van der Waals surface area contributed by atoms with E-state index in [4.69, 9.17) is 4.74 Å². The third-order valence-corrected chi connectivity index (χ3v) is 4.14. The summed E-state index contributed by atoms with van der Waals surface area (Å²) in [6.45, 7) is 0.479. The lowest BCUT2D eigenvalue weighted by atomic mass is 10.0. The molecule has 3 aromatic rings. The van der Waals surface area contributed by atoms with Crippen LogP contribution in [0.25, 0.3) is 0 Å². The van der Waals surface area contributed by atoms with Crippen LogP contribution in [0.2, 0.25) is 0 Å². The van der Waals surface area contributed by atoms with E-state index in [2.05, 4.69) is 10.3 Å². The highest BCUT2D eigenvalue weighted by molar-refractivity contribution is 5.94. The van der Waals surface area contributed by atoms with Gasteiger partial charge in [0, 0.05) is 37.7 Å². The van der Waals surface area contributed by atoms with Gasteiger partial charge >= 0.3 is 0 Å². The van der Waals surface area contributed by atoms with Gasteiger partial charge in [-0.3, -0.25) is 4.79 Å². The van der Waals surface area contributed by atoms with Crippen molar-refractivity contribution in [2.24, 2.45) is 7.05 Å². The molecule has 0 fully saturated rings. The zero-order chi connectivity index (χ0) is 18.5. The van der Waals surface area contributed by atoms with Crippen LogP contribution in [0, 0.1) is 5.82 Å². The molecule has 0 aliphatic carbocycles. The molecule has 1 amide bonds. The minimum atomic E-state index is -0.692. The van der Waals surface area contributed by atoms with Gasteiger partial charge in [0.2, 0.25) is 0 Å². The van der Waals surface area contributed by atoms with Gasteiger partial charge in [0.1, 0.15) is 17.7 Å². The Bertz CT molecular complexity index is 890. The van der Waals surface area contributed by atoms with E-state index in [1.807, 2.05) is 19.2 Å². The fourth-order valence-corrected chi connectivity index (χ4v) is 2.78. The molecular weight excluding hydrogens is 333 g/mol. The molecule has 0 aliphatic rings. The van der Waals surface area contributed by atoms with Gasteiger partial charge in [0.15, 0.2) is 0 Å². The minimum absolute atomic E-state index is 0.301. The lowest BCUT2D eigenvalue weighted by molar-refractivity contribution is 0.0940. The zero-order valence-corrected chi connectivity index (χ0v) is 14.6. The molecule has 0 spiro atoms. The van der Waals surface area contributed by atoms with Crippen LogP contribution in [0.5, 0.6) is 0 Å². The maximum Gasteiger partial charge on any atom is 0.252 e. The number of aromatic nitrogens is 2. The molecule has 1 unspecified atom stereocenters. The summed E-state index contributed by atoms with van der Waals surface area (Å²) in [6.07, 6.45) is 3.38. The molecule has 1 heterocycles. The van der Waals surface area contributed by atoms with E-state index in [9.17, 15) is 9.18 Å². The van der Waals surface area contributed by atoms with Crippen LogP contribution in [0.1, 0.15) is 33.4 Å². The number of imidazole rings is 1. The summed E-state index contributed by atoms with van der Waals surface area (Å²) in [7, 11) is 3.42. The van der Waals surface area contributed by atoms with Gasteiger partial charge in [0.05, 0.1) is 6.61 Å². The molecule has 0 saturated heterocycles. The Morgan fingerprint density at radius 1 is 1.23 bits per heavy atom. The lowest BCUT2D eigenvalue weighted by Crippen LogP contribution is -2.31. The van der Waals surface area contributed by atoms with Crippen LogP contribution in [0.3, 0.4) is 0 Å². The topological polar surface area (TPSA) is 56.1 Å². The van der Waals surface area contributed by atoms with Crippen LogP contribution in [-0.2, 0) is 18.4 Å². The van der Waals surface area contributed by atoms with Gasteiger partial charge in [-0.1, -0.05) is 30.3 Å². The average Bonchev–Trinajstić information content (AvgIpc) is 3.07. The van der Waals surface area contributed by atoms with Crippen molar-refractivity contribution in [2.75, 3.05) is 7.11 Å². The maximum absolute atomic E-state index is 14.4. The highest BCUT2D eigenvalue weighted by atomic mass is 19.1. The Labute approximate surface area is 151 Å². The van der Waals surface area contributed by atoms with E-state index in [0.29, 0.717) is 23.6 Å². The molecule has 1 N–H and O–H groups in total. The third-order valence-electron chi connectivity index (χ3n) is 4.14. The SMILES string of the molecule is COCc1ccc(C(=O)NC(c2ccccc2F)c2nccn2C)cc1. The maximum atomic E-state index is 14.4. The summed E-state index contributed by atoms with van der Waals surface area (Å²) in [5.41, 5.74) is 1.82. The van der Waals surface area contributed by atoms with Crippen LogP contribution in [0.15, 0.2) is 60.9 Å². The van der Waals surface area contributed by atoms with Gasteiger partial charge in [-0.25, -0.2) is 9.37 Å². The molecule has 6 heteroatoms. The van der Waals surface area contributed by atoms with Crippen molar-refractivity contribution in [3.63, 3.8) is 0 Å². The number of amides is 1. The predicted octanol–water partition coefficient (Wildman–Crippen LogP) is 3.23. The third kappa shape index (κ3) is 3.81. The van der Waals surface area contributed by atoms with Crippen LogP contribution in [0.4, 0.5) is 4.39 Å². The Balaban J connectivity index is 1.90. The number of hydrogen-bond donors (Lipinski definition) is 1. The number of methoxy groups -OCH3 is 1. The number of benzene rings is 2. The number of halogens is 1. The molecule has 1 atom stereocenters. The fraction of sp³-hybridized carbons (Fsp3) is 0.200. The predicted molar refractivity (Wildman–Crippen MR) is 96.1 cm³/mol. The van der Waals surface area contributed by atoms with Gasteiger partial charge in [-0.15, -0.1) is 0 Å². The first-order valence-electron chi connectivity index (χ1n) is 8.20. The summed E-state index contributed by atoms with van der Waals surface area (Å²) in [5, 5.41) is 2.89. The standard InChI is InChI=1S/C20H20FN3O2/c1-24-12-11-22-19(24)18(16-5-3-4-6-17(16)21)23-20(25)15-9-7-14(8-10-15)13-26-2/h3-12,18H,13H2,1-2H3,(H,23,25). The first-order chi connectivity index (χ1) is 12.6. The minimum Gasteiger partial charge on any atom is -0.380 e. The van der Waals surface area contributed by atoms with Crippen LogP contribution < -0.4 is 5.32 Å². The first kappa shape index (κ1) is 17.8. The lowest BCUT2D eigenvalue weighted by Gasteiger charge is -2.20. The van der Waals surface area contributed by atoms with Crippen molar-refractivity contribution in [2.45, 2.75) is 12.6 Å². The number of nitrogens with zero attached hydrogens (tertiary/aromatic N) is 2. The summed E-state index contributed by atoms with van der Waals surface area (Å²) in [6, 6.07) is 12.8. The molecule has 2 aromatic carbocycles. The van der Waals surface area contributed by atoms with Crippen molar-refractivity contribution in [1.29, 1.82) is 0 Å². The monoisotopic (exact) mass is 353 g/mol. The Kier molecular flexibility index (Phi) is 5.43. The zero-order valence-electron chi connectivity index (χ0n) is 14.6. The molecule has 0 bridgehead atoms. The fourth-order valence-electron chi connectivity index (χ4n) is 2.78. The Morgan fingerprint density at radius 3 is 2.58 bits per heavy atom. The molecule has 0 aliphatic heterocycles. The van der Waals surface area contributed by atoms with Crippen molar-refractivity contribution in [1.82, 2.24) is 14.9 Å². The number of aryl methyl sites for hydroxylation is 1. The van der Waals surface area contributed by atoms with Crippen molar-refractivity contribution in [3.8, 4) is 0 Å². The molecule has 3 rings (SSSR count). The second-order valence-electron chi connectivity index (χ2n) is 5.95. The van der Waals surface area contributed by atoms with Gasteiger partial charge in [0.25, 0.3) is 5.91 Å². The van der Waals surface area contributed by atoms with Gasteiger partial charge in [-0.05, 0) is 23.8 Å². The smallest absolute Gasteiger partial charge is 0.252 e. The van der Waals surface area contributed by atoms with E-state index in [-0.39, 0.29) is 5.91 Å². The van der Waals surface area contributed by atoms with E-state index < -0.39 is 11.9 Å². The second-order valence-corrected chi connectivity index (χ2v) is 5.95. The van der Waals surface area contributed by atoms with E-state index >= 15 is 0 Å². The summed E-state index contributed by atoms with van der Waals surface area (Å²) in [5.74, 6) is -0.138. The number of rotatable bonds is 6. The highest BCUT2D eigenvalue weighted by Gasteiger charge is 2.24. The highest BCUT2D eigenvalue weighted by Crippen LogP contribution is 2.23. The van der Waals surface area contributed by atoms with Crippen LogP contribution >= 0.6 is 0 Å². The largest absolute Gasteiger partial charge is 0.380 e. The van der Waals surface area contributed by atoms with Crippen molar-refractivity contribution in [3.05, 3.63) is 89.3 Å². The number of nitrogens with one attached hydrogen (secondary N) is 1. The Morgan fingerprint density at radius 2 is 1.96 bits per heavy atom. The normalized spacial score (nSPS) is 12.0. The molecule has 5 nitrogen and oxygen atoms in total. The van der Waals surface area contributed by atoms with E-state index in [1.165, 1.54) is 6.07 Å². The second kappa shape index (κ2) is 7.93. The molecule has 0 saturated carbocycles. The molecule has 0 radical (unpaired) electrons.